The Balaban J connectivity index is 1.70. The van der Waals surface area contributed by atoms with Crippen molar-refractivity contribution >= 4 is 26.7 Å². The number of amides is 1. The van der Waals surface area contributed by atoms with Crippen molar-refractivity contribution in [2.24, 2.45) is 0 Å². The number of rotatable bonds is 6. The minimum atomic E-state index is -3.60. The number of fused-ring (bicyclic) bond motifs is 1. The molecule has 2 atom stereocenters. The number of benzene rings is 2. The highest BCUT2D eigenvalue weighted by Crippen LogP contribution is 2.26. The summed E-state index contributed by atoms with van der Waals surface area (Å²) < 4.78 is 28.4. The number of nitrogens with one attached hydrogen (secondary N) is 2. The van der Waals surface area contributed by atoms with E-state index in [0.29, 0.717) is 17.9 Å². The van der Waals surface area contributed by atoms with Crippen molar-refractivity contribution in [3.63, 3.8) is 0 Å². The van der Waals surface area contributed by atoms with Gasteiger partial charge in [0.2, 0.25) is 15.9 Å². The standard InChI is InChI=1S/C19H25N3O3S/c1-20-19(23)12-15-10-11-16(22(15)2)13-21-26(24,25)18-9-5-7-14-6-3-4-8-17(14)18/h3-9,15-16,21H,10-13H2,1-2H3,(H,20,23)/t15-,16+/m1/s1. The molecule has 0 unspecified atom stereocenters. The van der Waals surface area contributed by atoms with Gasteiger partial charge in [-0.15, -0.1) is 0 Å². The zero-order valence-electron chi connectivity index (χ0n) is 15.1. The van der Waals surface area contributed by atoms with Crippen LogP contribution in [0.4, 0.5) is 0 Å². The van der Waals surface area contributed by atoms with Gasteiger partial charge in [0, 0.05) is 37.5 Å². The third-order valence-corrected chi connectivity index (χ3v) is 6.71. The van der Waals surface area contributed by atoms with E-state index >= 15 is 0 Å². The third-order valence-electron chi connectivity index (χ3n) is 5.23. The van der Waals surface area contributed by atoms with Crippen LogP contribution in [0.25, 0.3) is 10.8 Å². The van der Waals surface area contributed by atoms with Crippen molar-refractivity contribution in [3.8, 4) is 0 Å². The van der Waals surface area contributed by atoms with Crippen LogP contribution in [0, 0.1) is 0 Å². The van der Waals surface area contributed by atoms with Gasteiger partial charge >= 0.3 is 0 Å². The number of carbonyl (C=O) groups excluding carboxylic acids is 1. The number of hydrogen-bond donors (Lipinski definition) is 2. The average molecular weight is 375 g/mol. The van der Waals surface area contributed by atoms with Crippen molar-refractivity contribution in [2.75, 3.05) is 20.6 Å². The molecule has 2 aromatic rings. The molecule has 1 aliphatic rings. The molecular weight excluding hydrogens is 350 g/mol. The first kappa shape index (κ1) is 18.8. The van der Waals surface area contributed by atoms with E-state index in [4.69, 9.17) is 0 Å². The fourth-order valence-corrected chi connectivity index (χ4v) is 4.91. The molecule has 0 aromatic heterocycles. The van der Waals surface area contributed by atoms with Crippen LogP contribution in [0.2, 0.25) is 0 Å². The van der Waals surface area contributed by atoms with Gasteiger partial charge in [-0.05, 0) is 31.3 Å². The molecule has 1 aliphatic heterocycles. The molecule has 3 rings (SSSR count). The summed E-state index contributed by atoms with van der Waals surface area (Å²) in [6.07, 6.45) is 2.21. The maximum atomic E-state index is 12.8. The second-order valence-corrected chi connectivity index (χ2v) is 8.49. The monoisotopic (exact) mass is 375 g/mol. The van der Waals surface area contributed by atoms with Crippen LogP contribution in [-0.2, 0) is 14.8 Å². The van der Waals surface area contributed by atoms with Crippen LogP contribution in [0.1, 0.15) is 19.3 Å². The van der Waals surface area contributed by atoms with E-state index in [0.717, 1.165) is 23.6 Å². The molecule has 0 spiro atoms. The Labute approximate surface area is 154 Å². The summed E-state index contributed by atoms with van der Waals surface area (Å²) in [5.41, 5.74) is 0. The summed E-state index contributed by atoms with van der Waals surface area (Å²) >= 11 is 0. The van der Waals surface area contributed by atoms with Gasteiger partial charge in [0.25, 0.3) is 0 Å². The van der Waals surface area contributed by atoms with Crippen molar-refractivity contribution in [3.05, 3.63) is 42.5 Å². The Morgan fingerprint density at radius 1 is 1.12 bits per heavy atom. The fourth-order valence-electron chi connectivity index (χ4n) is 3.61. The summed E-state index contributed by atoms with van der Waals surface area (Å²) in [5, 5.41) is 4.27. The molecule has 0 saturated carbocycles. The number of sulfonamides is 1. The summed E-state index contributed by atoms with van der Waals surface area (Å²) in [6.45, 7) is 0.340. The Hall–Kier alpha value is -1.96. The van der Waals surface area contributed by atoms with Crippen LogP contribution in [0.5, 0.6) is 0 Å². The van der Waals surface area contributed by atoms with E-state index in [1.165, 1.54) is 0 Å². The minimum absolute atomic E-state index is 0.0128. The number of nitrogens with zero attached hydrogens (tertiary/aromatic N) is 1. The lowest BCUT2D eigenvalue weighted by molar-refractivity contribution is -0.121. The van der Waals surface area contributed by atoms with Crippen molar-refractivity contribution in [1.82, 2.24) is 14.9 Å². The minimum Gasteiger partial charge on any atom is -0.359 e. The van der Waals surface area contributed by atoms with Gasteiger partial charge in [0.1, 0.15) is 0 Å². The van der Waals surface area contributed by atoms with E-state index in [1.807, 2.05) is 37.4 Å². The highest BCUT2D eigenvalue weighted by Gasteiger charge is 2.32. The molecule has 2 aromatic carbocycles. The molecule has 140 valence electrons. The summed E-state index contributed by atoms with van der Waals surface area (Å²) in [4.78, 5) is 14.0. The molecule has 0 radical (unpaired) electrons. The highest BCUT2D eigenvalue weighted by atomic mass is 32.2. The predicted molar refractivity (Wildman–Crippen MR) is 102 cm³/mol. The molecule has 0 aliphatic carbocycles. The molecule has 7 heteroatoms. The summed E-state index contributed by atoms with van der Waals surface area (Å²) in [7, 11) is -0.0111. The zero-order chi connectivity index (χ0) is 18.7. The second-order valence-electron chi connectivity index (χ2n) is 6.76. The molecule has 2 N–H and O–H groups in total. The molecule has 1 fully saturated rings. The lowest BCUT2D eigenvalue weighted by atomic mass is 10.1. The highest BCUT2D eigenvalue weighted by molar-refractivity contribution is 7.89. The van der Waals surface area contributed by atoms with Crippen molar-refractivity contribution < 1.29 is 13.2 Å². The topological polar surface area (TPSA) is 78.5 Å². The first-order valence-corrected chi connectivity index (χ1v) is 10.3. The lowest BCUT2D eigenvalue weighted by Gasteiger charge is -2.25. The third kappa shape index (κ3) is 3.90. The maximum absolute atomic E-state index is 12.8. The van der Waals surface area contributed by atoms with Crippen LogP contribution < -0.4 is 10.0 Å². The SMILES string of the molecule is CNC(=O)C[C@H]1CC[C@@H](CNS(=O)(=O)c2cccc3ccccc23)N1C. The second kappa shape index (κ2) is 7.73. The van der Waals surface area contributed by atoms with Gasteiger partial charge in [-0.25, -0.2) is 13.1 Å². The van der Waals surface area contributed by atoms with Crippen molar-refractivity contribution in [2.45, 2.75) is 36.2 Å². The first-order valence-electron chi connectivity index (χ1n) is 8.82. The molecular formula is C19H25N3O3S. The molecule has 6 nitrogen and oxygen atoms in total. The van der Waals surface area contributed by atoms with Crippen molar-refractivity contribution in [1.29, 1.82) is 0 Å². The Bertz CT molecular complexity index is 893. The number of carbonyl (C=O) groups is 1. The quantitative estimate of drug-likeness (QED) is 0.806. The van der Waals surface area contributed by atoms with E-state index in [9.17, 15) is 13.2 Å². The van der Waals surface area contributed by atoms with Gasteiger partial charge in [-0.2, -0.15) is 0 Å². The maximum Gasteiger partial charge on any atom is 0.241 e. The number of hydrogen-bond acceptors (Lipinski definition) is 4. The number of likely N-dealkylation sites (N-methyl/N-ethyl adjacent to an activating group) is 1. The van der Waals surface area contributed by atoms with E-state index in [-0.39, 0.29) is 18.0 Å². The van der Waals surface area contributed by atoms with Gasteiger partial charge in [-0.1, -0.05) is 36.4 Å². The Kier molecular flexibility index (Phi) is 5.60. The van der Waals surface area contributed by atoms with Crippen LogP contribution in [0.15, 0.2) is 47.4 Å². The molecule has 1 amide bonds. The van der Waals surface area contributed by atoms with Gasteiger partial charge in [0.15, 0.2) is 0 Å². The van der Waals surface area contributed by atoms with Gasteiger partial charge in [0.05, 0.1) is 4.90 Å². The predicted octanol–water partition coefficient (Wildman–Crippen LogP) is 1.72. The molecule has 1 saturated heterocycles. The fraction of sp³-hybridized carbons (Fsp3) is 0.421. The number of likely N-dealkylation sites (tertiary alicyclic amines) is 1. The average Bonchev–Trinajstić information content (AvgIpc) is 2.99. The van der Waals surface area contributed by atoms with Gasteiger partial charge in [-0.3, -0.25) is 9.69 Å². The van der Waals surface area contributed by atoms with Crippen LogP contribution >= 0.6 is 0 Å². The Morgan fingerprint density at radius 3 is 2.58 bits per heavy atom. The molecule has 26 heavy (non-hydrogen) atoms. The van der Waals surface area contributed by atoms with Crippen LogP contribution in [0.3, 0.4) is 0 Å². The van der Waals surface area contributed by atoms with Gasteiger partial charge < -0.3 is 5.32 Å². The normalized spacial score (nSPS) is 21.2. The summed E-state index contributed by atoms with van der Waals surface area (Å²) in [5.74, 6) is 0.0128. The smallest absolute Gasteiger partial charge is 0.241 e. The molecule has 1 heterocycles. The van der Waals surface area contributed by atoms with E-state index in [2.05, 4.69) is 14.9 Å². The van der Waals surface area contributed by atoms with E-state index in [1.54, 1.807) is 19.2 Å². The van der Waals surface area contributed by atoms with Crippen LogP contribution in [-0.4, -0.2) is 51.9 Å². The first-order chi connectivity index (χ1) is 12.4. The zero-order valence-corrected chi connectivity index (χ0v) is 15.9. The Morgan fingerprint density at radius 2 is 1.81 bits per heavy atom. The molecule has 0 bridgehead atoms. The van der Waals surface area contributed by atoms with E-state index < -0.39 is 10.0 Å². The summed E-state index contributed by atoms with van der Waals surface area (Å²) in [6, 6.07) is 13.0. The largest absolute Gasteiger partial charge is 0.359 e. The lowest BCUT2D eigenvalue weighted by Crippen LogP contribution is -2.42.